The summed E-state index contributed by atoms with van der Waals surface area (Å²) in [5.74, 6) is 0.973. The Hall–Kier alpha value is -3.15. The zero-order valence-electron chi connectivity index (χ0n) is 14.0. The van der Waals surface area contributed by atoms with Gasteiger partial charge in [0.05, 0.1) is 24.9 Å². The lowest BCUT2D eigenvalue weighted by Crippen LogP contribution is -2.02. The van der Waals surface area contributed by atoms with Crippen LogP contribution in [0.4, 0.5) is 0 Å². The molecule has 0 saturated heterocycles. The number of carbonyl (C=O) groups excluding carboxylic acids is 1. The van der Waals surface area contributed by atoms with Crippen molar-refractivity contribution in [3.63, 3.8) is 0 Å². The molecular formula is C19H19N3O3. The molecule has 0 fully saturated rings. The summed E-state index contributed by atoms with van der Waals surface area (Å²) in [4.78, 5) is 11.2. The molecule has 0 amide bonds. The minimum absolute atomic E-state index is 0.208. The summed E-state index contributed by atoms with van der Waals surface area (Å²) < 4.78 is 13.1. The number of hydrogen-bond acceptors (Lipinski definition) is 5. The van der Waals surface area contributed by atoms with Crippen LogP contribution < -0.4 is 9.47 Å². The number of nitrogens with zero attached hydrogens (tertiary/aromatic N) is 3. The van der Waals surface area contributed by atoms with Gasteiger partial charge in [-0.25, -0.2) is 4.68 Å². The van der Waals surface area contributed by atoms with E-state index in [1.807, 2.05) is 43.5 Å². The quantitative estimate of drug-likeness (QED) is 0.591. The van der Waals surface area contributed by atoms with Crippen LogP contribution in [-0.4, -0.2) is 27.9 Å². The van der Waals surface area contributed by atoms with E-state index in [1.54, 1.807) is 22.9 Å². The molecule has 3 rings (SSSR count). The van der Waals surface area contributed by atoms with Gasteiger partial charge in [0.15, 0.2) is 17.8 Å². The Balaban J connectivity index is 1.69. The van der Waals surface area contributed by atoms with Gasteiger partial charge in [-0.3, -0.25) is 4.79 Å². The number of aldehydes is 1. The lowest BCUT2D eigenvalue weighted by atomic mass is 10.2. The number of hydrogen-bond donors (Lipinski definition) is 0. The molecule has 0 N–H and O–H groups in total. The Kier molecular flexibility index (Phi) is 5.41. The zero-order chi connectivity index (χ0) is 17.5. The molecule has 0 aliphatic carbocycles. The maximum absolute atomic E-state index is 11.2. The van der Waals surface area contributed by atoms with Crippen LogP contribution in [0.3, 0.4) is 0 Å². The average Bonchev–Trinajstić information content (AvgIpc) is 3.09. The van der Waals surface area contributed by atoms with E-state index in [4.69, 9.17) is 9.47 Å². The third kappa shape index (κ3) is 4.23. The van der Waals surface area contributed by atoms with Crippen molar-refractivity contribution in [3.8, 4) is 11.5 Å². The van der Waals surface area contributed by atoms with Crippen molar-refractivity contribution in [2.75, 3.05) is 6.61 Å². The van der Waals surface area contributed by atoms with Crippen molar-refractivity contribution in [2.45, 2.75) is 20.1 Å². The largest absolute Gasteiger partial charge is 0.490 e. The molecule has 2 aromatic carbocycles. The van der Waals surface area contributed by atoms with Gasteiger partial charge < -0.3 is 9.47 Å². The molecule has 6 nitrogen and oxygen atoms in total. The molecule has 0 aliphatic heterocycles. The van der Waals surface area contributed by atoms with Gasteiger partial charge in [0.1, 0.15) is 12.3 Å². The second-order valence-electron chi connectivity index (χ2n) is 5.41. The fourth-order valence-electron chi connectivity index (χ4n) is 2.45. The van der Waals surface area contributed by atoms with Crippen molar-refractivity contribution >= 4 is 6.29 Å². The second-order valence-corrected chi connectivity index (χ2v) is 5.41. The van der Waals surface area contributed by atoms with Crippen LogP contribution in [-0.2, 0) is 13.2 Å². The molecule has 1 heterocycles. The summed E-state index contributed by atoms with van der Waals surface area (Å²) in [6, 6.07) is 15.3. The molecule has 0 atom stereocenters. The van der Waals surface area contributed by atoms with Gasteiger partial charge in [-0.1, -0.05) is 41.6 Å². The predicted molar refractivity (Wildman–Crippen MR) is 92.9 cm³/mol. The van der Waals surface area contributed by atoms with Crippen molar-refractivity contribution in [2.24, 2.45) is 0 Å². The number of aromatic nitrogens is 3. The number of rotatable bonds is 8. The molecular weight excluding hydrogens is 318 g/mol. The maximum Gasteiger partial charge on any atom is 0.172 e. The number of carbonyl (C=O) groups is 1. The molecule has 3 aromatic rings. The molecule has 128 valence electrons. The van der Waals surface area contributed by atoms with Gasteiger partial charge in [0.25, 0.3) is 0 Å². The Morgan fingerprint density at radius 3 is 2.68 bits per heavy atom. The van der Waals surface area contributed by atoms with E-state index in [1.165, 1.54) is 0 Å². The molecule has 6 heteroatoms. The summed E-state index contributed by atoms with van der Waals surface area (Å²) >= 11 is 0. The molecule has 1 aromatic heterocycles. The summed E-state index contributed by atoms with van der Waals surface area (Å²) in [6.07, 6.45) is 2.58. The molecule has 0 unspecified atom stereocenters. The molecule has 0 bridgehead atoms. The molecule has 0 radical (unpaired) electrons. The first kappa shape index (κ1) is 16.7. The van der Waals surface area contributed by atoms with E-state index in [-0.39, 0.29) is 6.61 Å². The van der Waals surface area contributed by atoms with Gasteiger partial charge >= 0.3 is 0 Å². The molecule has 25 heavy (non-hydrogen) atoms. The minimum atomic E-state index is 0.208. The number of ether oxygens (including phenoxy) is 2. The highest BCUT2D eigenvalue weighted by molar-refractivity contribution is 5.81. The molecule has 0 saturated carbocycles. The Morgan fingerprint density at radius 1 is 1.08 bits per heavy atom. The summed E-state index contributed by atoms with van der Waals surface area (Å²) in [6.45, 7) is 3.22. The van der Waals surface area contributed by atoms with E-state index >= 15 is 0 Å². The lowest BCUT2D eigenvalue weighted by molar-refractivity contribution is 0.111. The Labute approximate surface area is 146 Å². The van der Waals surface area contributed by atoms with Gasteiger partial charge in [-0.15, -0.1) is 5.10 Å². The first-order valence-electron chi connectivity index (χ1n) is 8.07. The van der Waals surface area contributed by atoms with Crippen LogP contribution in [0, 0.1) is 0 Å². The monoisotopic (exact) mass is 337 g/mol. The van der Waals surface area contributed by atoms with Crippen LogP contribution >= 0.6 is 0 Å². The van der Waals surface area contributed by atoms with Crippen molar-refractivity contribution in [3.05, 3.63) is 71.5 Å². The summed E-state index contributed by atoms with van der Waals surface area (Å²) in [5.41, 5.74) is 2.27. The van der Waals surface area contributed by atoms with Crippen LogP contribution in [0.2, 0.25) is 0 Å². The second kappa shape index (κ2) is 8.10. The van der Waals surface area contributed by atoms with E-state index in [2.05, 4.69) is 10.3 Å². The van der Waals surface area contributed by atoms with Crippen LogP contribution in [0.5, 0.6) is 11.5 Å². The zero-order valence-corrected chi connectivity index (χ0v) is 14.0. The van der Waals surface area contributed by atoms with E-state index in [9.17, 15) is 4.79 Å². The average molecular weight is 337 g/mol. The highest BCUT2D eigenvalue weighted by Crippen LogP contribution is 2.31. The third-order valence-corrected chi connectivity index (χ3v) is 3.57. The van der Waals surface area contributed by atoms with E-state index < -0.39 is 0 Å². The van der Waals surface area contributed by atoms with Crippen molar-refractivity contribution in [1.29, 1.82) is 0 Å². The minimum Gasteiger partial charge on any atom is -0.490 e. The summed E-state index contributed by atoms with van der Waals surface area (Å²) in [5, 5.41) is 8.23. The summed E-state index contributed by atoms with van der Waals surface area (Å²) in [7, 11) is 0. The van der Waals surface area contributed by atoms with Gasteiger partial charge in [0.2, 0.25) is 0 Å². The van der Waals surface area contributed by atoms with Crippen molar-refractivity contribution < 1.29 is 14.3 Å². The Morgan fingerprint density at radius 2 is 1.92 bits per heavy atom. The first-order chi connectivity index (χ1) is 12.3. The van der Waals surface area contributed by atoms with Gasteiger partial charge in [-0.05, 0) is 24.6 Å². The number of benzene rings is 2. The fraction of sp³-hybridized carbons (Fsp3) is 0.211. The number of para-hydroxylation sites is 1. The maximum atomic E-state index is 11.2. The predicted octanol–water partition coefficient (Wildman–Crippen LogP) is 3.12. The lowest BCUT2D eigenvalue weighted by Gasteiger charge is -2.12. The van der Waals surface area contributed by atoms with Crippen LogP contribution in [0.25, 0.3) is 0 Å². The third-order valence-electron chi connectivity index (χ3n) is 3.57. The Bertz CT molecular complexity index is 831. The standard InChI is InChI=1S/C19H19N3O3/c1-2-24-18-10-6-9-16(13-23)19(18)25-14-17-12-22(21-20-17)11-15-7-4-3-5-8-15/h3-10,12-13H,2,11,14H2,1H3. The highest BCUT2D eigenvalue weighted by atomic mass is 16.5. The van der Waals surface area contributed by atoms with Crippen molar-refractivity contribution in [1.82, 2.24) is 15.0 Å². The van der Waals surface area contributed by atoms with Gasteiger partial charge in [-0.2, -0.15) is 0 Å². The highest BCUT2D eigenvalue weighted by Gasteiger charge is 2.12. The SMILES string of the molecule is CCOc1cccc(C=O)c1OCc1cn(Cc2ccccc2)nn1. The fourth-order valence-corrected chi connectivity index (χ4v) is 2.45. The van der Waals surface area contributed by atoms with E-state index in [0.717, 1.165) is 11.8 Å². The topological polar surface area (TPSA) is 66.2 Å². The van der Waals surface area contributed by atoms with E-state index in [0.29, 0.717) is 35.9 Å². The van der Waals surface area contributed by atoms with Crippen LogP contribution in [0.1, 0.15) is 28.5 Å². The smallest absolute Gasteiger partial charge is 0.172 e. The normalized spacial score (nSPS) is 10.4. The molecule has 0 aliphatic rings. The van der Waals surface area contributed by atoms with Gasteiger partial charge in [0, 0.05) is 0 Å². The molecule has 0 spiro atoms. The first-order valence-corrected chi connectivity index (χ1v) is 8.07. The van der Waals surface area contributed by atoms with Crippen LogP contribution in [0.15, 0.2) is 54.7 Å².